The maximum absolute atomic E-state index is 12.8. The zero-order chi connectivity index (χ0) is 25.6. The Morgan fingerprint density at radius 3 is 2.49 bits per heavy atom. The van der Waals surface area contributed by atoms with Crippen LogP contribution in [0, 0.1) is 17.8 Å². The minimum absolute atomic E-state index is 0.155. The fourth-order valence-corrected chi connectivity index (χ4v) is 8.51. The molecule has 2 aliphatic heterocycles. The molecular formula is C27H35N5O4S. The summed E-state index contributed by atoms with van der Waals surface area (Å²) in [7, 11) is 0. The van der Waals surface area contributed by atoms with E-state index in [-0.39, 0.29) is 29.8 Å². The predicted octanol–water partition coefficient (Wildman–Crippen LogP) is 2.35. The number of benzene rings is 1. The van der Waals surface area contributed by atoms with E-state index in [9.17, 15) is 19.2 Å². The summed E-state index contributed by atoms with van der Waals surface area (Å²) in [5.41, 5.74) is 1.74. The molecule has 4 N–H and O–H groups in total. The van der Waals surface area contributed by atoms with Crippen molar-refractivity contribution in [3.63, 3.8) is 0 Å². The molecule has 0 aromatic heterocycles. The van der Waals surface area contributed by atoms with Crippen molar-refractivity contribution in [2.45, 2.75) is 74.4 Å². The predicted molar refractivity (Wildman–Crippen MR) is 139 cm³/mol. The van der Waals surface area contributed by atoms with Gasteiger partial charge in [-0.1, -0.05) is 0 Å². The summed E-state index contributed by atoms with van der Waals surface area (Å²) in [6, 6.07) is 4.94. The first-order valence-corrected chi connectivity index (χ1v) is 14.5. The molecule has 7 rings (SSSR count). The van der Waals surface area contributed by atoms with Gasteiger partial charge in [0.2, 0.25) is 11.8 Å². The van der Waals surface area contributed by atoms with Crippen LogP contribution in [0.15, 0.2) is 23.1 Å². The smallest absolute Gasteiger partial charge is 0.315 e. The van der Waals surface area contributed by atoms with Crippen molar-refractivity contribution in [3.05, 3.63) is 29.3 Å². The van der Waals surface area contributed by atoms with Gasteiger partial charge in [0.05, 0.1) is 6.67 Å². The Morgan fingerprint density at radius 1 is 1.05 bits per heavy atom. The van der Waals surface area contributed by atoms with E-state index >= 15 is 0 Å². The molecule has 1 atom stereocenters. The summed E-state index contributed by atoms with van der Waals surface area (Å²) in [5.74, 6) is 2.49. The van der Waals surface area contributed by atoms with E-state index in [2.05, 4.69) is 21.3 Å². The quantitative estimate of drug-likeness (QED) is 0.179. The third-order valence-corrected chi connectivity index (χ3v) is 9.90. The summed E-state index contributed by atoms with van der Waals surface area (Å²) in [5, 5.41) is 11.9. The molecule has 5 fully saturated rings. The first-order valence-electron chi connectivity index (χ1n) is 13.5. The highest BCUT2D eigenvalue weighted by atomic mass is 32.2. The lowest BCUT2D eigenvalue weighted by atomic mass is 9.53. The van der Waals surface area contributed by atoms with Crippen LogP contribution < -0.4 is 21.3 Å². The van der Waals surface area contributed by atoms with Crippen molar-refractivity contribution >= 4 is 35.5 Å². The molecular weight excluding hydrogens is 490 g/mol. The highest BCUT2D eigenvalue weighted by molar-refractivity contribution is 7.99. The summed E-state index contributed by atoms with van der Waals surface area (Å²) < 4.78 is 0. The molecule has 4 aliphatic carbocycles. The molecule has 0 spiro atoms. The molecule has 1 unspecified atom stereocenters. The van der Waals surface area contributed by atoms with Gasteiger partial charge in [-0.15, -0.1) is 11.8 Å². The number of thioether (sulfide) groups is 1. The summed E-state index contributed by atoms with van der Waals surface area (Å²) in [4.78, 5) is 51.4. The average molecular weight is 526 g/mol. The highest BCUT2D eigenvalue weighted by Gasteiger charge is 2.50. The van der Waals surface area contributed by atoms with E-state index in [0.717, 1.165) is 28.2 Å². The first kappa shape index (κ1) is 24.7. The van der Waals surface area contributed by atoms with E-state index in [0.29, 0.717) is 37.5 Å². The lowest BCUT2D eigenvalue weighted by Crippen LogP contribution is -2.60. The van der Waals surface area contributed by atoms with Crippen molar-refractivity contribution in [2.24, 2.45) is 17.8 Å². The number of carbonyl (C=O) groups is 4. The van der Waals surface area contributed by atoms with Gasteiger partial charge in [0.25, 0.3) is 5.91 Å². The van der Waals surface area contributed by atoms with Gasteiger partial charge >= 0.3 is 6.03 Å². The molecule has 1 saturated heterocycles. The maximum Gasteiger partial charge on any atom is 0.315 e. The molecule has 9 nitrogen and oxygen atoms in total. The number of fused-ring (bicyclic) bond motifs is 1. The molecule has 6 aliphatic rings. The van der Waals surface area contributed by atoms with Crippen LogP contribution in [0.4, 0.5) is 4.79 Å². The number of rotatable bonds is 8. The van der Waals surface area contributed by atoms with Gasteiger partial charge in [0.15, 0.2) is 0 Å². The zero-order valence-corrected chi connectivity index (χ0v) is 21.8. The minimum Gasteiger partial charge on any atom is -0.337 e. The number of hydrogen-bond acceptors (Lipinski definition) is 6. The highest BCUT2D eigenvalue weighted by Crippen LogP contribution is 2.55. The van der Waals surface area contributed by atoms with Crippen molar-refractivity contribution < 1.29 is 19.2 Å². The number of amides is 5. The van der Waals surface area contributed by atoms with Crippen LogP contribution >= 0.6 is 11.8 Å². The lowest BCUT2D eigenvalue weighted by molar-refractivity contribution is -0.136. The molecule has 1 aromatic carbocycles. The molecule has 37 heavy (non-hydrogen) atoms. The van der Waals surface area contributed by atoms with Crippen LogP contribution in [-0.4, -0.2) is 59.2 Å². The summed E-state index contributed by atoms with van der Waals surface area (Å²) in [6.45, 7) is 1.41. The second-order valence-electron chi connectivity index (χ2n) is 11.6. The third-order valence-electron chi connectivity index (χ3n) is 8.90. The zero-order valence-electron chi connectivity index (χ0n) is 21.0. The van der Waals surface area contributed by atoms with Gasteiger partial charge in [-0.25, -0.2) is 4.79 Å². The number of piperidine rings is 1. The SMILES string of the molecule is O=C1CCC(N2Cc3cc(SCCNC(=O)NCNC45CC6CC(CC(C6)C4)C5)ccc3C2=O)C(=O)N1. The molecule has 198 valence electrons. The molecule has 5 amide bonds. The van der Waals surface area contributed by atoms with Crippen molar-refractivity contribution in [3.8, 4) is 0 Å². The average Bonchev–Trinajstić information content (AvgIpc) is 3.16. The summed E-state index contributed by atoms with van der Waals surface area (Å²) >= 11 is 1.62. The largest absolute Gasteiger partial charge is 0.337 e. The number of nitrogens with one attached hydrogen (secondary N) is 4. The monoisotopic (exact) mass is 525 g/mol. The van der Waals surface area contributed by atoms with Gasteiger partial charge in [-0.3, -0.25) is 25.0 Å². The number of carbonyl (C=O) groups excluding carboxylic acids is 4. The molecule has 0 radical (unpaired) electrons. The lowest BCUT2D eigenvalue weighted by Gasteiger charge is -2.57. The number of nitrogens with zero attached hydrogens (tertiary/aromatic N) is 1. The molecule has 4 saturated carbocycles. The normalized spacial score (nSPS) is 31.9. The standard InChI is InChI=1S/C27H35N5O4S/c33-23-4-3-22(24(34)31-23)32-14-19-10-20(1-2-21(19)25(32)35)37-6-5-28-26(36)29-15-30-27-11-16-7-17(12-27)9-18(8-16)13-27/h1-2,10,16-18,22,30H,3-9,11-15H2,(H2,28,29,36)(H,31,33,34). The molecule has 4 bridgehead atoms. The van der Waals surface area contributed by atoms with Gasteiger partial charge < -0.3 is 15.5 Å². The Balaban J connectivity index is 0.923. The Labute approximate surface area is 221 Å². The Hall–Kier alpha value is -2.59. The molecule has 10 heteroatoms. The Morgan fingerprint density at radius 2 is 1.78 bits per heavy atom. The van der Waals surface area contributed by atoms with E-state index < -0.39 is 11.9 Å². The number of urea groups is 1. The number of imide groups is 1. The van der Waals surface area contributed by atoms with E-state index in [1.807, 2.05) is 18.2 Å². The molecule has 1 aromatic rings. The van der Waals surface area contributed by atoms with Crippen LogP contribution in [0.25, 0.3) is 0 Å². The topological polar surface area (TPSA) is 120 Å². The van der Waals surface area contributed by atoms with Crippen LogP contribution in [0.2, 0.25) is 0 Å². The van der Waals surface area contributed by atoms with E-state index in [1.54, 1.807) is 16.7 Å². The number of hydrogen-bond donors (Lipinski definition) is 4. The second-order valence-corrected chi connectivity index (χ2v) is 12.7. The fraction of sp³-hybridized carbons (Fsp3) is 0.630. The van der Waals surface area contributed by atoms with Crippen molar-refractivity contribution in [1.82, 2.24) is 26.2 Å². The first-order chi connectivity index (χ1) is 17.9. The van der Waals surface area contributed by atoms with Gasteiger partial charge in [0.1, 0.15) is 6.04 Å². The van der Waals surface area contributed by atoms with Crippen LogP contribution in [0.5, 0.6) is 0 Å². The van der Waals surface area contributed by atoms with E-state index in [1.165, 1.54) is 38.5 Å². The van der Waals surface area contributed by atoms with Crippen LogP contribution in [0.1, 0.15) is 67.3 Å². The van der Waals surface area contributed by atoms with Gasteiger partial charge in [0, 0.05) is 41.3 Å². The minimum atomic E-state index is -0.603. The van der Waals surface area contributed by atoms with Crippen molar-refractivity contribution in [2.75, 3.05) is 19.0 Å². The van der Waals surface area contributed by atoms with Crippen molar-refractivity contribution in [1.29, 1.82) is 0 Å². The maximum atomic E-state index is 12.8. The van der Waals surface area contributed by atoms with Crippen LogP contribution in [-0.2, 0) is 16.1 Å². The Bertz CT molecular complexity index is 1090. The van der Waals surface area contributed by atoms with Crippen LogP contribution in [0.3, 0.4) is 0 Å². The fourth-order valence-electron chi connectivity index (χ4n) is 7.68. The third kappa shape index (κ3) is 5.10. The van der Waals surface area contributed by atoms with E-state index in [4.69, 9.17) is 0 Å². The van der Waals surface area contributed by atoms with Gasteiger partial charge in [-0.2, -0.15) is 0 Å². The summed E-state index contributed by atoms with van der Waals surface area (Å²) in [6.07, 6.45) is 8.61. The second kappa shape index (κ2) is 9.94. The van der Waals surface area contributed by atoms with Gasteiger partial charge in [-0.05, 0) is 86.5 Å². The molecule has 2 heterocycles. The Kier molecular flexibility index (Phi) is 6.65.